The second-order valence-electron chi connectivity index (χ2n) is 5.34. The van der Waals surface area contributed by atoms with E-state index >= 15 is 0 Å². The van der Waals surface area contributed by atoms with Crippen LogP contribution in [0.4, 0.5) is 5.69 Å². The molecule has 124 valence electrons. The van der Waals surface area contributed by atoms with Crippen molar-refractivity contribution in [2.24, 2.45) is 0 Å². The zero-order chi connectivity index (χ0) is 17.1. The molecule has 3 rings (SSSR count). The summed E-state index contributed by atoms with van der Waals surface area (Å²) in [7, 11) is 1.30. The molecule has 2 aromatic heterocycles. The molecule has 3 aromatic rings. The lowest BCUT2D eigenvalue weighted by Crippen LogP contribution is -2.22. The monoisotopic (exact) mass is 326 g/mol. The molecule has 24 heavy (non-hydrogen) atoms. The van der Waals surface area contributed by atoms with Gasteiger partial charge in [0.1, 0.15) is 12.2 Å². The number of hydrogen-bond acceptors (Lipinski definition) is 4. The molecule has 0 fully saturated rings. The normalized spacial score (nSPS) is 10.8. The molecule has 1 N–H and O–H groups in total. The number of carbonyl (C=O) groups excluding carboxylic acids is 2. The molecular formula is C18H18N2O4. The molecule has 2 heterocycles. The number of carbonyl (C=O) groups is 2. The van der Waals surface area contributed by atoms with Crippen molar-refractivity contribution in [1.29, 1.82) is 0 Å². The number of rotatable bonds is 5. The highest BCUT2D eigenvalue weighted by Gasteiger charge is 2.20. The molecule has 6 heteroatoms. The average molecular weight is 326 g/mol. The highest BCUT2D eigenvalue weighted by molar-refractivity contribution is 5.97. The van der Waals surface area contributed by atoms with Gasteiger partial charge in [0, 0.05) is 17.8 Å². The van der Waals surface area contributed by atoms with Crippen molar-refractivity contribution < 1.29 is 18.7 Å². The van der Waals surface area contributed by atoms with Gasteiger partial charge < -0.3 is 19.0 Å². The van der Waals surface area contributed by atoms with Crippen LogP contribution in [0.25, 0.3) is 11.1 Å². The fourth-order valence-corrected chi connectivity index (χ4v) is 2.71. The quantitative estimate of drug-likeness (QED) is 0.731. The van der Waals surface area contributed by atoms with Crippen LogP contribution in [-0.4, -0.2) is 23.6 Å². The number of hydrogen-bond donors (Lipinski definition) is 1. The lowest BCUT2D eigenvalue weighted by atomic mass is 10.1. The van der Waals surface area contributed by atoms with E-state index in [0.29, 0.717) is 11.1 Å². The molecular weight excluding hydrogens is 308 g/mol. The first kappa shape index (κ1) is 15.9. The van der Waals surface area contributed by atoms with Crippen LogP contribution < -0.4 is 5.32 Å². The number of anilines is 1. The van der Waals surface area contributed by atoms with E-state index < -0.39 is 5.97 Å². The van der Waals surface area contributed by atoms with Gasteiger partial charge in [0.05, 0.1) is 18.9 Å². The van der Waals surface area contributed by atoms with Gasteiger partial charge in [0.2, 0.25) is 5.91 Å². The van der Waals surface area contributed by atoms with Gasteiger partial charge >= 0.3 is 5.97 Å². The number of benzene rings is 1. The van der Waals surface area contributed by atoms with E-state index in [1.165, 1.54) is 13.4 Å². The van der Waals surface area contributed by atoms with Gasteiger partial charge in [-0.1, -0.05) is 25.1 Å². The number of nitrogens with one attached hydrogen (secondary N) is 1. The Morgan fingerprint density at radius 3 is 2.79 bits per heavy atom. The number of furan rings is 1. The highest BCUT2D eigenvalue weighted by atomic mass is 16.5. The largest absolute Gasteiger partial charge is 0.464 e. The van der Waals surface area contributed by atoms with Gasteiger partial charge in [-0.15, -0.1) is 0 Å². The SMILES string of the molecule is CCc1ccccc1NC(=O)Cn1c(C(=O)OC)cc2occc21. The molecule has 0 atom stereocenters. The second kappa shape index (κ2) is 6.62. The fourth-order valence-electron chi connectivity index (χ4n) is 2.71. The number of ether oxygens (including phenoxy) is 1. The summed E-state index contributed by atoms with van der Waals surface area (Å²) in [6.45, 7) is 2.02. The summed E-state index contributed by atoms with van der Waals surface area (Å²) < 4.78 is 11.7. The van der Waals surface area contributed by atoms with Gasteiger partial charge in [-0.25, -0.2) is 4.79 Å². The average Bonchev–Trinajstić information content (AvgIpc) is 3.17. The Hall–Kier alpha value is -3.02. The number of amides is 1. The molecule has 6 nitrogen and oxygen atoms in total. The topological polar surface area (TPSA) is 73.5 Å². The predicted molar refractivity (Wildman–Crippen MR) is 90.0 cm³/mol. The maximum absolute atomic E-state index is 12.5. The number of para-hydroxylation sites is 1. The number of aryl methyl sites for hydroxylation is 1. The molecule has 1 amide bonds. The van der Waals surface area contributed by atoms with Crippen molar-refractivity contribution in [2.45, 2.75) is 19.9 Å². The zero-order valence-electron chi connectivity index (χ0n) is 13.5. The Bertz CT molecular complexity index is 891. The summed E-state index contributed by atoms with van der Waals surface area (Å²) in [5.41, 5.74) is 3.33. The van der Waals surface area contributed by atoms with Gasteiger partial charge in [0.25, 0.3) is 0 Å². The van der Waals surface area contributed by atoms with E-state index in [-0.39, 0.29) is 18.1 Å². The first-order chi connectivity index (χ1) is 11.6. The molecule has 1 aromatic carbocycles. The second-order valence-corrected chi connectivity index (χ2v) is 5.34. The van der Waals surface area contributed by atoms with Crippen LogP contribution in [0.1, 0.15) is 23.0 Å². The number of fused-ring (bicyclic) bond motifs is 1. The Morgan fingerprint density at radius 1 is 1.25 bits per heavy atom. The molecule has 0 aliphatic heterocycles. The van der Waals surface area contributed by atoms with E-state index in [2.05, 4.69) is 5.32 Å². The summed E-state index contributed by atoms with van der Waals surface area (Å²) in [6.07, 6.45) is 2.34. The van der Waals surface area contributed by atoms with Gasteiger partial charge in [0.15, 0.2) is 5.58 Å². The van der Waals surface area contributed by atoms with Crippen LogP contribution in [0.3, 0.4) is 0 Å². The minimum absolute atomic E-state index is 0.00842. The van der Waals surface area contributed by atoms with Crippen molar-refractivity contribution >= 4 is 28.7 Å². The number of nitrogens with zero attached hydrogens (tertiary/aromatic N) is 1. The predicted octanol–water partition coefficient (Wildman–Crippen LogP) is 3.22. The number of esters is 1. The summed E-state index contributed by atoms with van der Waals surface area (Å²) in [5, 5.41) is 2.90. The zero-order valence-corrected chi connectivity index (χ0v) is 13.5. The lowest BCUT2D eigenvalue weighted by molar-refractivity contribution is -0.116. The first-order valence-corrected chi connectivity index (χ1v) is 7.66. The standard InChI is InChI=1S/C18H18N2O4/c1-3-12-6-4-5-7-13(12)19-17(21)11-20-14-8-9-24-16(14)10-15(20)18(22)23-2/h4-10H,3,11H2,1-2H3,(H,19,21). The number of aromatic nitrogens is 1. The Balaban J connectivity index is 1.87. The summed E-state index contributed by atoms with van der Waals surface area (Å²) in [5.74, 6) is -0.733. The van der Waals surface area contributed by atoms with Crippen LogP contribution in [0.2, 0.25) is 0 Å². The van der Waals surface area contributed by atoms with Crippen molar-refractivity contribution in [3.8, 4) is 0 Å². The Kier molecular flexibility index (Phi) is 4.37. The highest BCUT2D eigenvalue weighted by Crippen LogP contribution is 2.22. The van der Waals surface area contributed by atoms with Crippen LogP contribution in [0.5, 0.6) is 0 Å². The molecule has 0 spiro atoms. The Labute approximate surface area is 139 Å². The first-order valence-electron chi connectivity index (χ1n) is 7.66. The van der Waals surface area contributed by atoms with E-state index in [1.54, 1.807) is 16.7 Å². The molecule has 0 bridgehead atoms. The molecule has 0 aliphatic rings. The minimum atomic E-state index is -0.511. The molecule has 0 aliphatic carbocycles. The van der Waals surface area contributed by atoms with Gasteiger partial charge in [-0.05, 0) is 18.1 Å². The lowest BCUT2D eigenvalue weighted by Gasteiger charge is -2.12. The third-order valence-electron chi connectivity index (χ3n) is 3.89. The van der Waals surface area contributed by atoms with Crippen LogP contribution >= 0.6 is 0 Å². The molecule has 0 radical (unpaired) electrons. The van der Waals surface area contributed by atoms with Crippen molar-refractivity contribution in [2.75, 3.05) is 12.4 Å². The maximum atomic E-state index is 12.5. The van der Waals surface area contributed by atoms with E-state index in [1.807, 2.05) is 31.2 Å². The fraction of sp³-hybridized carbons (Fsp3) is 0.222. The summed E-state index contributed by atoms with van der Waals surface area (Å²) >= 11 is 0. The van der Waals surface area contributed by atoms with Crippen LogP contribution in [-0.2, 0) is 22.5 Å². The van der Waals surface area contributed by atoms with Gasteiger partial charge in [-0.2, -0.15) is 0 Å². The molecule has 0 saturated heterocycles. The van der Waals surface area contributed by atoms with Crippen molar-refractivity contribution in [3.63, 3.8) is 0 Å². The third-order valence-corrected chi connectivity index (χ3v) is 3.89. The van der Waals surface area contributed by atoms with Crippen LogP contribution in [0.15, 0.2) is 47.1 Å². The third kappa shape index (κ3) is 2.90. The maximum Gasteiger partial charge on any atom is 0.354 e. The summed E-state index contributed by atoms with van der Waals surface area (Å²) in [6, 6.07) is 10.9. The summed E-state index contributed by atoms with van der Waals surface area (Å²) in [4.78, 5) is 24.4. The van der Waals surface area contributed by atoms with E-state index in [0.717, 1.165) is 17.7 Å². The number of methoxy groups -OCH3 is 1. The van der Waals surface area contributed by atoms with Crippen molar-refractivity contribution in [1.82, 2.24) is 4.57 Å². The van der Waals surface area contributed by atoms with Crippen molar-refractivity contribution in [3.05, 3.63) is 53.9 Å². The molecule has 0 saturated carbocycles. The van der Waals surface area contributed by atoms with Gasteiger partial charge in [-0.3, -0.25) is 4.79 Å². The minimum Gasteiger partial charge on any atom is -0.464 e. The smallest absolute Gasteiger partial charge is 0.354 e. The van der Waals surface area contributed by atoms with Crippen LogP contribution in [0, 0.1) is 0 Å². The Morgan fingerprint density at radius 2 is 2.04 bits per heavy atom. The molecule has 0 unspecified atom stereocenters. The van der Waals surface area contributed by atoms with E-state index in [9.17, 15) is 9.59 Å². The van der Waals surface area contributed by atoms with E-state index in [4.69, 9.17) is 9.15 Å².